The molecule has 0 aromatic heterocycles. The number of aliphatic hydroxyl groups excluding tert-OH is 1. The lowest BCUT2D eigenvalue weighted by Gasteiger charge is -2.17. The lowest BCUT2D eigenvalue weighted by molar-refractivity contribution is -0.117. The largest absolute Gasteiger partial charge is 0.449 e. The second-order valence-corrected chi connectivity index (χ2v) is 9.90. The standard InChI is InChI=1S/C23H37NO6S/c1-4-5-11-18(2)21(25)15-13-19-14-16-22(26)20(19)12-9-7-6-8-10-17-30-23(27)24-31(3,28)29/h7,9,13-16,18-21,25H,4-6,8,10-12,17H2,1-3H3,(H,24,27)/b9-7-,15-13+/t18?,19-,20+,21+/m0/s1. The third kappa shape index (κ3) is 11.9. The van der Waals surface area contributed by atoms with Gasteiger partial charge in [0.1, 0.15) is 0 Å². The van der Waals surface area contributed by atoms with E-state index in [-0.39, 0.29) is 30.1 Å². The Morgan fingerprint density at radius 2 is 2.03 bits per heavy atom. The Balaban J connectivity index is 2.31. The first-order valence-corrected chi connectivity index (χ1v) is 12.9. The molecule has 4 atom stereocenters. The van der Waals surface area contributed by atoms with Crippen LogP contribution in [0.15, 0.2) is 36.5 Å². The topological polar surface area (TPSA) is 110 Å². The van der Waals surface area contributed by atoms with Crippen LogP contribution in [-0.4, -0.2) is 44.4 Å². The van der Waals surface area contributed by atoms with Crippen LogP contribution in [0.25, 0.3) is 0 Å². The molecular weight excluding hydrogens is 418 g/mol. The minimum Gasteiger partial charge on any atom is -0.449 e. The summed E-state index contributed by atoms with van der Waals surface area (Å²) in [5.41, 5.74) is 0. The summed E-state index contributed by atoms with van der Waals surface area (Å²) >= 11 is 0. The molecule has 1 amide bonds. The first-order chi connectivity index (χ1) is 14.6. The smallest absolute Gasteiger partial charge is 0.420 e. The number of rotatable bonds is 14. The molecule has 0 aliphatic heterocycles. The zero-order chi connectivity index (χ0) is 23.3. The molecule has 0 aromatic carbocycles. The zero-order valence-electron chi connectivity index (χ0n) is 18.8. The van der Waals surface area contributed by atoms with Gasteiger partial charge in [0.15, 0.2) is 5.78 Å². The van der Waals surface area contributed by atoms with E-state index in [1.165, 1.54) is 0 Å². The van der Waals surface area contributed by atoms with Gasteiger partial charge in [0.25, 0.3) is 0 Å². The highest BCUT2D eigenvalue weighted by Crippen LogP contribution is 2.28. The van der Waals surface area contributed by atoms with E-state index in [9.17, 15) is 23.1 Å². The predicted octanol–water partition coefficient (Wildman–Crippen LogP) is 3.90. The SMILES string of the molecule is CCCCC(C)[C@H](O)/C=C/[C@H]1C=CC(=O)[C@@H]1C/C=C\CCCCOC(=O)NS(C)(=O)=O. The molecule has 1 aliphatic carbocycles. The van der Waals surface area contributed by atoms with Crippen molar-refractivity contribution in [3.63, 3.8) is 0 Å². The molecule has 0 saturated heterocycles. The number of allylic oxidation sites excluding steroid dienone is 5. The van der Waals surface area contributed by atoms with Gasteiger partial charge in [0.05, 0.1) is 19.0 Å². The minimum atomic E-state index is -3.60. The van der Waals surface area contributed by atoms with Gasteiger partial charge >= 0.3 is 6.09 Å². The Labute approximate surface area is 186 Å². The summed E-state index contributed by atoms with van der Waals surface area (Å²) in [7, 11) is -3.60. The first-order valence-electron chi connectivity index (χ1n) is 11.0. The van der Waals surface area contributed by atoms with E-state index in [0.717, 1.165) is 38.4 Å². The minimum absolute atomic E-state index is 0.00642. The molecule has 0 aromatic rings. The zero-order valence-corrected chi connectivity index (χ0v) is 19.6. The quantitative estimate of drug-likeness (QED) is 0.304. The van der Waals surface area contributed by atoms with Crippen LogP contribution in [0.3, 0.4) is 0 Å². The van der Waals surface area contributed by atoms with Crippen molar-refractivity contribution >= 4 is 21.9 Å². The summed E-state index contributed by atoms with van der Waals surface area (Å²) in [5, 5.41) is 10.3. The molecule has 1 aliphatic rings. The van der Waals surface area contributed by atoms with Crippen molar-refractivity contribution in [3.8, 4) is 0 Å². The summed E-state index contributed by atoms with van der Waals surface area (Å²) in [6.45, 7) is 4.33. The van der Waals surface area contributed by atoms with E-state index in [4.69, 9.17) is 4.74 Å². The first kappa shape index (κ1) is 27.1. The molecule has 0 bridgehead atoms. The van der Waals surface area contributed by atoms with Crippen LogP contribution in [0.5, 0.6) is 0 Å². The molecule has 176 valence electrons. The van der Waals surface area contributed by atoms with Crippen LogP contribution < -0.4 is 4.72 Å². The average Bonchev–Trinajstić information content (AvgIpc) is 3.04. The van der Waals surface area contributed by atoms with Gasteiger partial charge in [-0.15, -0.1) is 0 Å². The van der Waals surface area contributed by atoms with E-state index < -0.39 is 22.2 Å². The van der Waals surface area contributed by atoms with Crippen LogP contribution in [0.4, 0.5) is 4.79 Å². The molecule has 2 N–H and O–H groups in total. The summed E-state index contributed by atoms with van der Waals surface area (Å²) in [6.07, 6.45) is 16.7. The van der Waals surface area contributed by atoms with E-state index in [2.05, 4.69) is 6.92 Å². The second kappa shape index (κ2) is 14.2. The van der Waals surface area contributed by atoms with Crippen LogP contribution in [0, 0.1) is 17.8 Å². The van der Waals surface area contributed by atoms with Gasteiger partial charge in [-0.2, -0.15) is 0 Å². The molecule has 0 spiro atoms. The van der Waals surface area contributed by atoms with E-state index in [1.54, 1.807) is 10.8 Å². The fraction of sp³-hybridized carbons (Fsp3) is 0.652. The van der Waals surface area contributed by atoms with Crippen LogP contribution in [0.2, 0.25) is 0 Å². The van der Waals surface area contributed by atoms with Crippen molar-refractivity contribution in [1.82, 2.24) is 4.72 Å². The van der Waals surface area contributed by atoms with Crippen molar-refractivity contribution in [2.24, 2.45) is 17.8 Å². The van der Waals surface area contributed by atoms with Crippen molar-refractivity contribution in [2.45, 2.75) is 64.9 Å². The molecule has 8 heteroatoms. The number of amides is 1. The highest BCUT2D eigenvalue weighted by atomic mass is 32.2. The lowest BCUT2D eigenvalue weighted by Crippen LogP contribution is -2.30. The molecule has 31 heavy (non-hydrogen) atoms. The number of nitrogens with one attached hydrogen (secondary N) is 1. The number of aliphatic hydroxyl groups is 1. The molecule has 0 radical (unpaired) electrons. The van der Waals surface area contributed by atoms with Crippen LogP contribution in [0.1, 0.15) is 58.8 Å². The van der Waals surface area contributed by atoms with Gasteiger partial charge < -0.3 is 9.84 Å². The monoisotopic (exact) mass is 455 g/mol. The Morgan fingerprint density at radius 3 is 2.71 bits per heavy atom. The maximum absolute atomic E-state index is 12.2. The van der Waals surface area contributed by atoms with Gasteiger partial charge in [0.2, 0.25) is 10.0 Å². The Kier molecular flexibility index (Phi) is 12.4. The number of carbonyl (C=O) groups excluding carboxylic acids is 2. The van der Waals surface area contributed by atoms with Gasteiger partial charge in [0, 0.05) is 11.8 Å². The maximum atomic E-state index is 12.2. The summed E-state index contributed by atoms with van der Waals surface area (Å²) in [6, 6.07) is 0. The number of carbonyl (C=O) groups is 2. The molecule has 0 fully saturated rings. The van der Waals surface area contributed by atoms with Crippen molar-refractivity contribution in [1.29, 1.82) is 0 Å². The second-order valence-electron chi connectivity index (χ2n) is 8.15. The van der Waals surface area contributed by atoms with Gasteiger partial charge in [-0.1, -0.05) is 57.1 Å². The lowest BCUT2D eigenvalue weighted by atomic mass is 9.89. The van der Waals surface area contributed by atoms with Crippen LogP contribution in [-0.2, 0) is 19.6 Å². The molecule has 0 heterocycles. The highest BCUT2D eigenvalue weighted by molar-refractivity contribution is 7.89. The van der Waals surface area contributed by atoms with E-state index >= 15 is 0 Å². The molecule has 1 unspecified atom stereocenters. The number of hydrogen-bond donors (Lipinski definition) is 2. The molecule has 0 saturated carbocycles. The summed E-state index contributed by atoms with van der Waals surface area (Å²) < 4.78 is 28.3. The fourth-order valence-corrected chi connectivity index (χ4v) is 3.69. The maximum Gasteiger partial charge on any atom is 0.420 e. The number of ketones is 1. The molecule has 7 nitrogen and oxygen atoms in total. The number of ether oxygens (including phenoxy) is 1. The van der Waals surface area contributed by atoms with E-state index in [1.807, 2.05) is 37.3 Å². The van der Waals surface area contributed by atoms with Crippen molar-refractivity contribution < 1.29 is 27.9 Å². The van der Waals surface area contributed by atoms with Crippen LogP contribution >= 0.6 is 0 Å². The molecule has 1 rings (SSSR count). The fourth-order valence-electron chi connectivity index (χ4n) is 3.32. The van der Waals surface area contributed by atoms with Gasteiger partial charge in [-0.3, -0.25) is 4.79 Å². The average molecular weight is 456 g/mol. The summed E-state index contributed by atoms with van der Waals surface area (Å²) in [4.78, 5) is 23.4. The van der Waals surface area contributed by atoms with Gasteiger partial charge in [-0.05, 0) is 44.1 Å². The van der Waals surface area contributed by atoms with E-state index in [0.29, 0.717) is 12.8 Å². The third-order valence-corrected chi connectivity index (χ3v) is 5.80. The number of hydrogen-bond acceptors (Lipinski definition) is 6. The van der Waals surface area contributed by atoms with Crippen molar-refractivity contribution in [3.05, 3.63) is 36.5 Å². The predicted molar refractivity (Wildman–Crippen MR) is 122 cm³/mol. The number of unbranched alkanes of at least 4 members (excludes halogenated alkanes) is 3. The third-order valence-electron chi connectivity index (χ3n) is 5.26. The normalized spacial score (nSPS) is 21.1. The highest BCUT2D eigenvalue weighted by Gasteiger charge is 2.27. The Morgan fingerprint density at radius 1 is 1.29 bits per heavy atom. The Hall–Kier alpha value is -1.93. The summed E-state index contributed by atoms with van der Waals surface area (Å²) in [5.74, 6) is 0.191. The number of sulfonamides is 1. The van der Waals surface area contributed by atoms with Gasteiger partial charge in [-0.25, -0.2) is 17.9 Å². The molecular formula is C23H37NO6S. The Bertz CT molecular complexity index is 756. The van der Waals surface area contributed by atoms with Crippen molar-refractivity contribution in [2.75, 3.05) is 12.9 Å².